The van der Waals surface area contributed by atoms with Gasteiger partial charge in [0.15, 0.2) is 0 Å². The minimum absolute atomic E-state index is 0.233. The summed E-state index contributed by atoms with van der Waals surface area (Å²) >= 11 is 0. The number of hydrogen-bond acceptors (Lipinski definition) is 3. The molecule has 1 amide bonds. The molecule has 2 aromatic rings. The molecule has 1 saturated heterocycles. The highest BCUT2D eigenvalue weighted by Gasteiger charge is 2.49. The van der Waals surface area contributed by atoms with E-state index in [4.69, 9.17) is 0 Å². The summed E-state index contributed by atoms with van der Waals surface area (Å²) in [5.41, 5.74) is 4.18. The van der Waals surface area contributed by atoms with Crippen LogP contribution in [0.15, 0.2) is 30.3 Å². The minimum atomic E-state index is -0.426. The summed E-state index contributed by atoms with van der Waals surface area (Å²) in [4.78, 5) is 18.0. The van der Waals surface area contributed by atoms with Crippen LogP contribution in [0.25, 0.3) is 0 Å². The Morgan fingerprint density at radius 2 is 1.85 bits per heavy atom. The van der Waals surface area contributed by atoms with E-state index in [1.807, 2.05) is 24.9 Å². The summed E-state index contributed by atoms with van der Waals surface area (Å²) in [7, 11) is 1.92. The van der Waals surface area contributed by atoms with Crippen LogP contribution in [0, 0.1) is 6.92 Å². The second-order valence-corrected chi connectivity index (χ2v) is 7.91. The molecule has 0 radical (unpaired) electrons. The first kappa shape index (κ1) is 17.3. The molecule has 1 N–H and O–H groups in total. The fourth-order valence-electron chi connectivity index (χ4n) is 4.65. The number of fused-ring (bicyclic) bond motifs is 1. The number of likely N-dealkylation sites (N-methyl/N-ethyl adjacent to an activating group) is 1. The Morgan fingerprint density at radius 3 is 2.42 bits per heavy atom. The topological polar surface area (TPSA) is 52.2 Å². The van der Waals surface area contributed by atoms with Crippen LogP contribution in [-0.4, -0.2) is 51.6 Å². The van der Waals surface area contributed by atoms with Gasteiger partial charge in [-0.1, -0.05) is 30.7 Å². The summed E-state index contributed by atoms with van der Waals surface area (Å²) in [6.07, 6.45) is 5.30. The van der Waals surface area contributed by atoms with Crippen molar-refractivity contribution in [1.29, 1.82) is 0 Å². The molecule has 5 nitrogen and oxygen atoms in total. The zero-order chi connectivity index (χ0) is 18.1. The van der Waals surface area contributed by atoms with Gasteiger partial charge in [0.2, 0.25) is 5.91 Å². The molecule has 2 aliphatic rings. The average molecular weight is 352 g/mol. The lowest BCUT2D eigenvalue weighted by molar-refractivity contribution is -0.144. The third kappa shape index (κ3) is 3.05. The molecule has 1 aliphatic carbocycles. The number of carbonyl (C=O) groups excluding carboxylic acids is 1. The Balaban J connectivity index is 1.61. The zero-order valence-electron chi connectivity index (χ0n) is 15.8. The van der Waals surface area contributed by atoms with Crippen molar-refractivity contribution in [2.75, 3.05) is 20.1 Å². The fourth-order valence-corrected chi connectivity index (χ4v) is 4.65. The lowest BCUT2D eigenvalue weighted by Gasteiger charge is -2.44. The van der Waals surface area contributed by atoms with Gasteiger partial charge in [0.25, 0.3) is 0 Å². The van der Waals surface area contributed by atoms with Crippen molar-refractivity contribution in [3.63, 3.8) is 0 Å². The van der Waals surface area contributed by atoms with Crippen molar-refractivity contribution in [1.82, 2.24) is 20.0 Å². The molecular formula is C21H28N4O. The fraction of sp³-hybridized carbons (Fsp3) is 0.524. The van der Waals surface area contributed by atoms with Crippen LogP contribution in [0.4, 0.5) is 0 Å². The molecule has 1 aromatic carbocycles. The lowest BCUT2D eigenvalue weighted by atomic mass is 9.89. The van der Waals surface area contributed by atoms with Crippen LogP contribution in [0.2, 0.25) is 0 Å². The lowest BCUT2D eigenvalue weighted by Crippen LogP contribution is -2.61. The number of piperidine rings is 1. The van der Waals surface area contributed by atoms with E-state index >= 15 is 0 Å². The number of rotatable bonds is 4. The predicted octanol–water partition coefficient (Wildman–Crippen LogP) is 2.70. The van der Waals surface area contributed by atoms with Crippen molar-refractivity contribution in [2.45, 2.75) is 51.1 Å². The molecule has 5 heteroatoms. The van der Waals surface area contributed by atoms with Gasteiger partial charge in [-0.15, -0.1) is 0 Å². The molecule has 138 valence electrons. The molecule has 2 heterocycles. The Morgan fingerprint density at radius 1 is 1.19 bits per heavy atom. The molecule has 0 atom stereocenters. The number of aromatic amines is 1. The summed E-state index contributed by atoms with van der Waals surface area (Å²) in [6.45, 7) is 4.58. The molecule has 1 fully saturated rings. The van der Waals surface area contributed by atoms with Crippen molar-refractivity contribution in [2.24, 2.45) is 0 Å². The van der Waals surface area contributed by atoms with Crippen LogP contribution in [0.5, 0.6) is 0 Å². The van der Waals surface area contributed by atoms with Gasteiger partial charge >= 0.3 is 0 Å². The van der Waals surface area contributed by atoms with Gasteiger partial charge < -0.3 is 4.90 Å². The Kier molecular flexibility index (Phi) is 4.57. The number of aromatic nitrogens is 2. The number of hydrogen-bond donors (Lipinski definition) is 1. The number of aryl methyl sites for hydroxylation is 1. The van der Waals surface area contributed by atoms with Crippen LogP contribution < -0.4 is 0 Å². The van der Waals surface area contributed by atoms with Gasteiger partial charge in [-0.25, -0.2) is 0 Å². The van der Waals surface area contributed by atoms with E-state index in [0.717, 1.165) is 37.3 Å². The van der Waals surface area contributed by atoms with Crippen molar-refractivity contribution in [3.8, 4) is 0 Å². The van der Waals surface area contributed by atoms with E-state index in [2.05, 4.69) is 39.4 Å². The van der Waals surface area contributed by atoms with E-state index in [1.165, 1.54) is 30.4 Å². The Hall–Kier alpha value is -2.14. The van der Waals surface area contributed by atoms with Crippen LogP contribution >= 0.6 is 0 Å². The first-order valence-electron chi connectivity index (χ1n) is 9.67. The SMILES string of the molecule is Cc1cc(CN(C)C(=O)C2(N3CCCCC3)Cc3ccccc3C2)n[nH]1. The molecule has 0 spiro atoms. The number of amides is 1. The van der Waals surface area contributed by atoms with Crippen molar-refractivity contribution >= 4 is 5.91 Å². The highest BCUT2D eigenvalue weighted by atomic mass is 16.2. The first-order valence-corrected chi connectivity index (χ1v) is 9.67. The third-order valence-electron chi connectivity index (χ3n) is 5.95. The molecule has 26 heavy (non-hydrogen) atoms. The summed E-state index contributed by atoms with van der Waals surface area (Å²) in [5.74, 6) is 0.233. The quantitative estimate of drug-likeness (QED) is 0.920. The molecule has 4 rings (SSSR count). The number of nitrogens with zero attached hydrogens (tertiary/aromatic N) is 3. The summed E-state index contributed by atoms with van der Waals surface area (Å²) in [6, 6.07) is 10.6. The number of nitrogens with one attached hydrogen (secondary N) is 1. The third-order valence-corrected chi connectivity index (χ3v) is 5.95. The predicted molar refractivity (Wildman–Crippen MR) is 102 cm³/mol. The number of likely N-dealkylation sites (tertiary alicyclic amines) is 1. The Bertz CT molecular complexity index is 766. The average Bonchev–Trinajstić information content (AvgIpc) is 3.25. The molecule has 0 bridgehead atoms. The smallest absolute Gasteiger partial charge is 0.243 e. The molecule has 0 unspecified atom stereocenters. The van der Waals surface area contributed by atoms with Gasteiger partial charge in [-0.3, -0.25) is 14.8 Å². The van der Waals surface area contributed by atoms with E-state index < -0.39 is 5.54 Å². The monoisotopic (exact) mass is 352 g/mol. The largest absolute Gasteiger partial charge is 0.338 e. The van der Waals surface area contributed by atoms with Crippen LogP contribution in [-0.2, 0) is 24.2 Å². The van der Waals surface area contributed by atoms with Crippen molar-refractivity contribution in [3.05, 3.63) is 52.8 Å². The van der Waals surface area contributed by atoms with Gasteiger partial charge in [-0.05, 0) is 50.0 Å². The summed E-state index contributed by atoms with van der Waals surface area (Å²) < 4.78 is 0. The van der Waals surface area contributed by atoms with E-state index in [1.54, 1.807) is 0 Å². The number of H-pyrrole nitrogens is 1. The van der Waals surface area contributed by atoms with Gasteiger partial charge in [0.05, 0.1) is 12.2 Å². The second-order valence-electron chi connectivity index (χ2n) is 7.91. The van der Waals surface area contributed by atoms with E-state index in [0.29, 0.717) is 6.54 Å². The van der Waals surface area contributed by atoms with Gasteiger partial charge in [0.1, 0.15) is 5.54 Å². The minimum Gasteiger partial charge on any atom is -0.338 e. The maximum atomic E-state index is 13.7. The number of carbonyl (C=O) groups is 1. The summed E-state index contributed by atoms with van der Waals surface area (Å²) in [5, 5.41) is 7.28. The zero-order valence-corrected chi connectivity index (χ0v) is 15.8. The van der Waals surface area contributed by atoms with E-state index in [-0.39, 0.29) is 5.91 Å². The standard InChI is InChI=1S/C21H28N4O/c1-16-12-19(23-22-16)15-24(2)20(26)21(25-10-6-3-7-11-25)13-17-8-4-5-9-18(17)14-21/h4-5,8-9,12H,3,6-7,10-11,13-15H2,1-2H3,(H,22,23). The van der Waals surface area contributed by atoms with Crippen molar-refractivity contribution < 1.29 is 4.79 Å². The molecular weight excluding hydrogens is 324 g/mol. The maximum absolute atomic E-state index is 13.7. The molecule has 0 saturated carbocycles. The van der Waals surface area contributed by atoms with Gasteiger partial charge in [-0.2, -0.15) is 5.10 Å². The Labute approximate surface area is 155 Å². The van der Waals surface area contributed by atoms with Gasteiger partial charge in [0, 0.05) is 25.6 Å². The highest BCUT2D eigenvalue weighted by Crippen LogP contribution is 2.37. The highest BCUT2D eigenvalue weighted by molar-refractivity contribution is 5.88. The van der Waals surface area contributed by atoms with Crippen LogP contribution in [0.1, 0.15) is 41.8 Å². The maximum Gasteiger partial charge on any atom is 0.243 e. The van der Waals surface area contributed by atoms with E-state index in [9.17, 15) is 4.79 Å². The second kappa shape index (κ2) is 6.88. The first-order chi connectivity index (χ1) is 12.6. The molecule has 1 aliphatic heterocycles. The number of benzene rings is 1. The van der Waals surface area contributed by atoms with Crippen LogP contribution in [0.3, 0.4) is 0 Å². The molecule has 1 aromatic heterocycles. The normalized spacial score (nSPS) is 19.3.